The molecule has 156 valence electrons. The van der Waals surface area contributed by atoms with E-state index < -0.39 is 24.6 Å². The number of rotatable bonds is 18. The van der Waals surface area contributed by atoms with Crippen molar-refractivity contribution in [1.82, 2.24) is 5.32 Å². The fourth-order valence-corrected chi connectivity index (χ4v) is 3.04. The van der Waals surface area contributed by atoms with Crippen molar-refractivity contribution in [3.63, 3.8) is 0 Å². The Morgan fingerprint density at radius 3 is 1.88 bits per heavy atom. The molecule has 0 heterocycles. The van der Waals surface area contributed by atoms with E-state index in [0.29, 0.717) is 32.2 Å². The van der Waals surface area contributed by atoms with E-state index in [2.05, 4.69) is 12.2 Å². The summed E-state index contributed by atoms with van der Waals surface area (Å²) in [4.78, 5) is 11.1. The molecule has 0 bridgehead atoms. The maximum Gasteiger partial charge on any atom is 0.389 e. The zero-order valence-corrected chi connectivity index (χ0v) is 16.3. The second-order valence-electron chi connectivity index (χ2n) is 7.22. The van der Waals surface area contributed by atoms with Crippen molar-refractivity contribution in [1.29, 1.82) is 0 Å². The highest BCUT2D eigenvalue weighted by atomic mass is 19.4. The van der Waals surface area contributed by atoms with Crippen molar-refractivity contribution in [2.24, 2.45) is 0 Å². The molecule has 0 fully saturated rings. The van der Waals surface area contributed by atoms with Crippen LogP contribution in [0.25, 0.3) is 0 Å². The third kappa shape index (κ3) is 18.0. The Morgan fingerprint density at radius 1 is 0.846 bits per heavy atom. The first kappa shape index (κ1) is 25.2. The fourth-order valence-electron chi connectivity index (χ4n) is 3.04. The molecule has 0 saturated heterocycles. The summed E-state index contributed by atoms with van der Waals surface area (Å²) < 4.78 is 36.0. The second-order valence-corrected chi connectivity index (χ2v) is 7.22. The van der Waals surface area contributed by atoms with Crippen LogP contribution in [-0.2, 0) is 4.79 Å². The van der Waals surface area contributed by atoms with Gasteiger partial charge in [-0.2, -0.15) is 13.2 Å². The van der Waals surface area contributed by atoms with Crippen LogP contribution in [0.2, 0.25) is 0 Å². The number of alkyl halides is 3. The summed E-state index contributed by atoms with van der Waals surface area (Å²) in [7, 11) is 0. The van der Waals surface area contributed by atoms with Gasteiger partial charge in [-0.15, -0.1) is 0 Å². The largest absolute Gasteiger partial charge is 0.548 e. The van der Waals surface area contributed by atoms with Gasteiger partial charge in [-0.25, -0.2) is 0 Å². The molecule has 0 spiro atoms. The Bertz CT molecular complexity index is 336. The molecule has 0 amide bonds. The molecule has 0 aliphatic heterocycles. The summed E-state index contributed by atoms with van der Waals surface area (Å²) in [5.41, 5.74) is 0. The van der Waals surface area contributed by atoms with Crippen LogP contribution in [-0.4, -0.2) is 24.7 Å². The maximum absolute atomic E-state index is 12.0. The van der Waals surface area contributed by atoms with Gasteiger partial charge in [-0.3, -0.25) is 0 Å². The first-order chi connectivity index (χ1) is 12.4. The van der Waals surface area contributed by atoms with E-state index in [1.807, 2.05) is 0 Å². The molecule has 3 nitrogen and oxygen atoms in total. The summed E-state index contributed by atoms with van der Waals surface area (Å²) in [6.45, 7) is 2.88. The number of hydrogen-bond acceptors (Lipinski definition) is 3. The summed E-state index contributed by atoms with van der Waals surface area (Å²) in [6.07, 6.45) is 8.23. The first-order valence-corrected chi connectivity index (χ1v) is 10.4. The SMILES string of the molecule is CCCCCCCCCCNC(CCCCCCCC(F)(F)F)C(=O)[O-]. The van der Waals surface area contributed by atoms with Crippen molar-refractivity contribution >= 4 is 5.97 Å². The van der Waals surface area contributed by atoms with Crippen molar-refractivity contribution in [2.75, 3.05) is 6.54 Å². The topological polar surface area (TPSA) is 52.2 Å². The second kappa shape index (κ2) is 16.4. The molecule has 0 radical (unpaired) electrons. The maximum atomic E-state index is 12.0. The lowest BCUT2D eigenvalue weighted by Gasteiger charge is -2.19. The van der Waals surface area contributed by atoms with E-state index in [1.165, 1.54) is 38.5 Å². The Kier molecular flexibility index (Phi) is 15.9. The van der Waals surface area contributed by atoms with Crippen LogP contribution in [0.3, 0.4) is 0 Å². The number of aliphatic carboxylic acids is 1. The molecule has 1 unspecified atom stereocenters. The molecule has 0 aliphatic rings. The monoisotopic (exact) mass is 380 g/mol. The first-order valence-electron chi connectivity index (χ1n) is 10.4. The average molecular weight is 381 g/mol. The number of carboxylic acids is 1. The van der Waals surface area contributed by atoms with E-state index in [0.717, 1.165) is 19.3 Å². The van der Waals surface area contributed by atoms with Gasteiger partial charge < -0.3 is 15.2 Å². The highest BCUT2D eigenvalue weighted by Gasteiger charge is 2.25. The fraction of sp³-hybridized carbons (Fsp3) is 0.950. The van der Waals surface area contributed by atoms with E-state index in [4.69, 9.17) is 0 Å². The van der Waals surface area contributed by atoms with E-state index >= 15 is 0 Å². The van der Waals surface area contributed by atoms with Crippen LogP contribution in [0, 0.1) is 0 Å². The smallest absolute Gasteiger partial charge is 0.389 e. The lowest BCUT2D eigenvalue weighted by atomic mass is 10.0. The van der Waals surface area contributed by atoms with Crippen LogP contribution in [0.4, 0.5) is 13.2 Å². The molecule has 0 saturated carbocycles. The Labute approximate surface area is 157 Å². The van der Waals surface area contributed by atoms with Gasteiger partial charge in [0.1, 0.15) is 0 Å². The molecule has 1 N–H and O–H groups in total. The third-order valence-corrected chi connectivity index (χ3v) is 4.66. The van der Waals surface area contributed by atoms with Gasteiger partial charge in [-0.1, -0.05) is 77.6 Å². The van der Waals surface area contributed by atoms with Crippen molar-refractivity contribution in [3.8, 4) is 0 Å². The minimum atomic E-state index is -4.07. The molecule has 0 aromatic heterocycles. The normalized spacial score (nSPS) is 13.1. The summed E-state index contributed by atoms with van der Waals surface area (Å²) in [5, 5.41) is 14.2. The number of nitrogens with one attached hydrogen (secondary N) is 1. The lowest BCUT2D eigenvalue weighted by Crippen LogP contribution is -2.45. The Balaban J connectivity index is 3.55. The highest BCUT2D eigenvalue weighted by Crippen LogP contribution is 2.23. The summed E-state index contributed by atoms with van der Waals surface area (Å²) in [5.74, 6) is -1.08. The standard InChI is InChI=1S/C20H38F3NO2/c1-2-3-4-5-6-7-11-14-17-24-18(19(25)26)15-12-9-8-10-13-16-20(21,22)23/h18,24H,2-17H2,1H3,(H,25,26)/p-1. The van der Waals surface area contributed by atoms with Crippen LogP contribution < -0.4 is 10.4 Å². The average Bonchev–Trinajstić information content (AvgIpc) is 2.56. The number of unbranched alkanes of at least 4 members (excludes halogenated alkanes) is 11. The van der Waals surface area contributed by atoms with Crippen LogP contribution in [0.1, 0.15) is 103 Å². The molecule has 0 aromatic carbocycles. The number of carbonyl (C=O) groups is 1. The van der Waals surface area contributed by atoms with E-state index in [1.54, 1.807) is 0 Å². The minimum Gasteiger partial charge on any atom is -0.548 e. The van der Waals surface area contributed by atoms with Gasteiger partial charge in [0.15, 0.2) is 0 Å². The van der Waals surface area contributed by atoms with Crippen LogP contribution in [0.5, 0.6) is 0 Å². The van der Waals surface area contributed by atoms with E-state index in [9.17, 15) is 23.1 Å². The molecule has 1 atom stereocenters. The minimum absolute atomic E-state index is 0.157. The van der Waals surface area contributed by atoms with Crippen molar-refractivity contribution in [2.45, 2.75) is 115 Å². The van der Waals surface area contributed by atoms with E-state index in [-0.39, 0.29) is 6.42 Å². The van der Waals surface area contributed by atoms with Crippen molar-refractivity contribution in [3.05, 3.63) is 0 Å². The van der Waals surface area contributed by atoms with Gasteiger partial charge in [-0.05, 0) is 25.8 Å². The van der Waals surface area contributed by atoms with Crippen LogP contribution in [0.15, 0.2) is 0 Å². The van der Waals surface area contributed by atoms with Gasteiger partial charge in [0.25, 0.3) is 0 Å². The van der Waals surface area contributed by atoms with Gasteiger partial charge in [0, 0.05) is 12.5 Å². The predicted octanol–water partition coefficient (Wildman–Crippen LogP) is 5.13. The van der Waals surface area contributed by atoms with Gasteiger partial charge in [0.05, 0.1) is 5.97 Å². The molecule has 0 aromatic rings. The lowest BCUT2D eigenvalue weighted by molar-refractivity contribution is -0.308. The third-order valence-electron chi connectivity index (χ3n) is 4.66. The zero-order chi connectivity index (χ0) is 19.7. The molecular weight excluding hydrogens is 343 g/mol. The number of carbonyl (C=O) groups excluding carboxylic acids is 1. The number of halogens is 3. The molecule has 0 rings (SSSR count). The molecule has 26 heavy (non-hydrogen) atoms. The van der Waals surface area contributed by atoms with Crippen molar-refractivity contribution < 1.29 is 23.1 Å². The number of hydrogen-bond donors (Lipinski definition) is 1. The van der Waals surface area contributed by atoms with Gasteiger partial charge in [0.2, 0.25) is 0 Å². The van der Waals surface area contributed by atoms with Gasteiger partial charge >= 0.3 is 6.18 Å². The Hall–Kier alpha value is -0.780. The summed E-state index contributed by atoms with van der Waals surface area (Å²) >= 11 is 0. The molecule has 0 aliphatic carbocycles. The summed E-state index contributed by atoms with van der Waals surface area (Å²) in [6, 6.07) is -0.644. The molecular formula is C20H37F3NO2-. The Morgan fingerprint density at radius 2 is 1.35 bits per heavy atom. The van der Waals surface area contributed by atoms with Crippen LogP contribution >= 0.6 is 0 Å². The quantitative estimate of drug-likeness (QED) is 0.335. The molecule has 6 heteroatoms. The predicted molar refractivity (Wildman–Crippen MR) is 97.8 cm³/mol. The number of carboxylic acid groups (broad SMARTS) is 1. The highest BCUT2D eigenvalue weighted by molar-refractivity contribution is 5.71. The zero-order valence-electron chi connectivity index (χ0n) is 16.3.